The Hall–Kier alpha value is -1.43. The maximum absolute atomic E-state index is 12.0. The summed E-state index contributed by atoms with van der Waals surface area (Å²) in [6.07, 6.45) is 0. The van der Waals surface area contributed by atoms with Crippen LogP contribution in [0.4, 0.5) is 0 Å². The Balaban J connectivity index is 1.87. The zero-order chi connectivity index (χ0) is 14.8. The van der Waals surface area contributed by atoms with Crippen molar-refractivity contribution in [3.05, 3.63) is 35.9 Å². The van der Waals surface area contributed by atoms with Crippen molar-refractivity contribution in [1.29, 1.82) is 0 Å². The second-order valence-corrected chi connectivity index (χ2v) is 5.85. The molecule has 5 heteroatoms. The first kappa shape index (κ1) is 15.0. The molecule has 0 spiro atoms. The molecule has 0 saturated carbocycles. The van der Waals surface area contributed by atoms with E-state index in [4.69, 9.17) is 9.57 Å². The van der Waals surface area contributed by atoms with Crippen LogP contribution in [-0.4, -0.2) is 40.4 Å². The van der Waals surface area contributed by atoms with E-state index >= 15 is 0 Å². The highest BCUT2D eigenvalue weighted by Gasteiger charge is 2.55. The fourth-order valence-corrected chi connectivity index (χ4v) is 1.96. The van der Waals surface area contributed by atoms with Crippen LogP contribution in [0.5, 0.6) is 0 Å². The number of carbonyl (C=O) groups excluding carboxylic acids is 1. The van der Waals surface area contributed by atoms with Gasteiger partial charge in [0.25, 0.3) is 0 Å². The lowest BCUT2D eigenvalue weighted by Gasteiger charge is -2.19. The van der Waals surface area contributed by atoms with Gasteiger partial charge in [0.05, 0.1) is 19.3 Å². The highest BCUT2D eigenvalue weighted by Crippen LogP contribution is 2.31. The smallest absolute Gasteiger partial charge is 0.328 e. The van der Waals surface area contributed by atoms with Gasteiger partial charge in [-0.15, -0.1) is 0 Å². The third-order valence-electron chi connectivity index (χ3n) is 2.93. The van der Waals surface area contributed by atoms with Gasteiger partial charge in [0.2, 0.25) is 0 Å². The monoisotopic (exact) mass is 279 g/mol. The van der Waals surface area contributed by atoms with Crippen molar-refractivity contribution in [3.8, 4) is 0 Å². The van der Waals surface area contributed by atoms with E-state index in [0.29, 0.717) is 6.61 Å². The molecule has 1 aliphatic heterocycles. The summed E-state index contributed by atoms with van der Waals surface area (Å²) >= 11 is 0. The van der Waals surface area contributed by atoms with Gasteiger partial charge in [0, 0.05) is 0 Å². The maximum atomic E-state index is 12.0. The van der Waals surface area contributed by atoms with Gasteiger partial charge in [-0.05, 0) is 26.3 Å². The molecule has 0 bridgehead atoms. The number of aliphatic hydroxyl groups excluding tert-OH is 1. The molecule has 2 rings (SSSR count). The van der Waals surface area contributed by atoms with Crippen LogP contribution in [0.2, 0.25) is 0 Å². The van der Waals surface area contributed by atoms with Gasteiger partial charge < -0.3 is 9.84 Å². The van der Waals surface area contributed by atoms with Crippen molar-refractivity contribution in [3.63, 3.8) is 0 Å². The van der Waals surface area contributed by atoms with Crippen LogP contribution in [0, 0.1) is 0 Å². The number of nitrogens with zero attached hydrogens (tertiary/aromatic N) is 1. The van der Waals surface area contributed by atoms with Crippen LogP contribution in [-0.2, 0) is 21.0 Å². The largest absolute Gasteiger partial charge is 0.459 e. The van der Waals surface area contributed by atoms with Gasteiger partial charge in [-0.2, -0.15) is 5.06 Å². The summed E-state index contributed by atoms with van der Waals surface area (Å²) in [5.41, 5.74) is 0.476. The first-order valence-corrected chi connectivity index (χ1v) is 6.71. The van der Waals surface area contributed by atoms with Crippen LogP contribution >= 0.6 is 0 Å². The van der Waals surface area contributed by atoms with Crippen LogP contribution in [0.25, 0.3) is 0 Å². The minimum absolute atomic E-state index is 0.126. The van der Waals surface area contributed by atoms with E-state index in [2.05, 4.69) is 0 Å². The molecule has 1 unspecified atom stereocenters. The standard InChI is InChI=1S/C15H21NO4/c1-15(2,3)20-14(18)13-12(9-17)16(13)19-10-11-7-5-4-6-8-11/h4-8,12-13,17H,9-10H2,1-3H3/t12-,13-,16?/m1/s1. The van der Waals surface area contributed by atoms with Crippen LogP contribution < -0.4 is 0 Å². The highest BCUT2D eigenvalue weighted by molar-refractivity contribution is 5.80. The van der Waals surface area contributed by atoms with E-state index in [1.165, 1.54) is 5.06 Å². The van der Waals surface area contributed by atoms with E-state index in [1.54, 1.807) is 0 Å². The number of benzene rings is 1. The lowest BCUT2D eigenvalue weighted by Crippen LogP contribution is -2.28. The Morgan fingerprint density at radius 3 is 2.50 bits per heavy atom. The summed E-state index contributed by atoms with van der Waals surface area (Å²) < 4.78 is 5.30. The molecule has 20 heavy (non-hydrogen) atoms. The molecule has 0 amide bonds. The molecular formula is C15H21NO4. The molecule has 1 saturated heterocycles. The molecule has 1 aliphatic rings. The van der Waals surface area contributed by atoms with Crippen molar-refractivity contribution in [1.82, 2.24) is 5.06 Å². The first-order valence-electron chi connectivity index (χ1n) is 6.71. The molecule has 0 aliphatic carbocycles. The number of ether oxygens (including phenoxy) is 1. The molecule has 1 fully saturated rings. The molecule has 1 N–H and O–H groups in total. The number of aliphatic hydroxyl groups is 1. The van der Waals surface area contributed by atoms with Gasteiger partial charge >= 0.3 is 5.97 Å². The average molecular weight is 279 g/mol. The van der Waals surface area contributed by atoms with Crippen LogP contribution in [0.3, 0.4) is 0 Å². The van der Waals surface area contributed by atoms with Gasteiger partial charge in [-0.3, -0.25) is 9.63 Å². The maximum Gasteiger partial charge on any atom is 0.328 e. The van der Waals surface area contributed by atoms with Crippen molar-refractivity contribution in [2.75, 3.05) is 6.61 Å². The Morgan fingerprint density at radius 2 is 1.95 bits per heavy atom. The van der Waals surface area contributed by atoms with E-state index in [0.717, 1.165) is 5.56 Å². The zero-order valence-electron chi connectivity index (χ0n) is 12.1. The number of hydroxylamine groups is 2. The van der Waals surface area contributed by atoms with Crippen LogP contribution in [0.1, 0.15) is 26.3 Å². The number of hydrogen-bond donors (Lipinski definition) is 1. The summed E-state index contributed by atoms with van der Waals surface area (Å²) in [6.45, 7) is 5.69. The fourth-order valence-electron chi connectivity index (χ4n) is 1.96. The Labute approximate surface area is 119 Å². The van der Waals surface area contributed by atoms with Crippen molar-refractivity contribution in [2.45, 2.75) is 45.1 Å². The number of rotatable bonds is 5. The summed E-state index contributed by atoms with van der Waals surface area (Å²) in [5.74, 6) is -0.357. The summed E-state index contributed by atoms with van der Waals surface area (Å²) in [4.78, 5) is 17.5. The predicted octanol–water partition coefficient (Wildman–Crippen LogP) is 1.50. The predicted molar refractivity (Wildman–Crippen MR) is 73.6 cm³/mol. The Bertz CT molecular complexity index is 455. The number of esters is 1. The van der Waals surface area contributed by atoms with Gasteiger partial charge in [-0.25, -0.2) is 0 Å². The molecule has 1 heterocycles. The van der Waals surface area contributed by atoms with E-state index in [9.17, 15) is 9.90 Å². The summed E-state index contributed by atoms with van der Waals surface area (Å²) in [6, 6.07) is 8.85. The zero-order valence-corrected chi connectivity index (χ0v) is 12.1. The molecular weight excluding hydrogens is 258 g/mol. The topological polar surface area (TPSA) is 58.8 Å². The second kappa shape index (κ2) is 5.91. The molecule has 1 aromatic carbocycles. The molecule has 5 nitrogen and oxygen atoms in total. The molecule has 1 aromatic rings. The fraction of sp³-hybridized carbons (Fsp3) is 0.533. The van der Waals surface area contributed by atoms with Gasteiger partial charge in [0.1, 0.15) is 5.60 Å². The van der Waals surface area contributed by atoms with Crippen LogP contribution in [0.15, 0.2) is 30.3 Å². The first-order chi connectivity index (χ1) is 9.42. The third-order valence-corrected chi connectivity index (χ3v) is 2.93. The Morgan fingerprint density at radius 1 is 1.30 bits per heavy atom. The summed E-state index contributed by atoms with van der Waals surface area (Å²) in [5, 5.41) is 10.8. The van der Waals surface area contributed by atoms with Crippen molar-refractivity contribution in [2.24, 2.45) is 0 Å². The Kier molecular flexibility index (Phi) is 4.42. The second-order valence-electron chi connectivity index (χ2n) is 5.85. The van der Waals surface area contributed by atoms with Gasteiger partial charge in [0.15, 0.2) is 6.04 Å². The van der Waals surface area contributed by atoms with E-state index < -0.39 is 11.6 Å². The van der Waals surface area contributed by atoms with Gasteiger partial charge in [-0.1, -0.05) is 30.3 Å². The molecule has 0 radical (unpaired) electrons. The van der Waals surface area contributed by atoms with E-state index in [1.807, 2.05) is 51.1 Å². The molecule has 3 atom stereocenters. The third kappa shape index (κ3) is 3.79. The van der Waals surface area contributed by atoms with E-state index in [-0.39, 0.29) is 18.6 Å². The SMILES string of the molecule is CC(C)(C)OC(=O)[C@H]1[C@@H](CO)N1OCc1ccccc1. The molecule has 0 aromatic heterocycles. The minimum atomic E-state index is -0.537. The lowest BCUT2D eigenvalue weighted by atomic mass is 10.2. The van der Waals surface area contributed by atoms with Crippen molar-refractivity contribution < 1.29 is 19.5 Å². The average Bonchev–Trinajstić information content (AvgIpc) is 3.09. The number of hydrogen-bond acceptors (Lipinski definition) is 5. The minimum Gasteiger partial charge on any atom is -0.459 e. The summed E-state index contributed by atoms with van der Waals surface area (Å²) in [7, 11) is 0. The normalized spacial score (nSPS) is 25.3. The quantitative estimate of drug-likeness (QED) is 0.654. The van der Waals surface area contributed by atoms with Crippen molar-refractivity contribution >= 4 is 5.97 Å². The molecule has 110 valence electrons. The highest BCUT2D eigenvalue weighted by atomic mass is 16.7. The number of carbonyl (C=O) groups is 1. The lowest BCUT2D eigenvalue weighted by molar-refractivity contribution is -0.162.